The number of rotatable bonds is 3. The van der Waals surface area contributed by atoms with E-state index in [2.05, 4.69) is 18.9 Å². The van der Waals surface area contributed by atoms with Crippen LogP contribution in [0.5, 0.6) is 0 Å². The Balaban J connectivity index is 2.67. The van der Waals surface area contributed by atoms with Crippen LogP contribution >= 0.6 is 0 Å². The van der Waals surface area contributed by atoms with E-state index < -0.39 is 0 Å². The van der Waals surface area contributed by atoms with Crippen molar-refractivity contribution in [2.75, 3.05) is 26.7 Å². The minimum absolute atomic E-state index is 0.00495. The average Bonchev–Trinajstić information content (AvgIpc) is 2.38. The van der Waals surface area contributed by atoms with Crippen LogP contribution in [0.1, 0.15) is 33.1 Å². The van der Waals surface area contributed by atoms with E-state index >= 15 is 0 Å². The van der Waals surface area contributed by atoms with Crippen molar-refractivity contribution in [1.29, 1.82) is 0 Å². The summed E-state index contributed by atoms with van der Waals surface area (Å²) in [6, 6.07) is 0.263. The summed E-state index contributed by atoms with van der Waals surface area (Å²) >= 11 is 0. The van der Waals surface area contributed by atoms with Crippen LogP contribution in [0.25, 0.3) is 0 Å². The van der Waals surface area contributed by atoms with Crippen molar-refractivity contribution in [1.82, 2.24) is 9.80 Å². The van der Waals surface area contributed by atoms with Crippen molar-refractivity contribution in [3.63, 3.8) is 0 Å². The van der Waals surface area contributed by atoms with Gasteiger partial charge in [-0.25, -0.2) is 0 Å². The van der Waals surface area contributed by atoms with Crippen molar-refractivity contribution in [2.45, 2.75) is 39.2 Å². The van der Waals surface area contributed by atoms with Crippen LogP contribution in [0.3, 0.4) is 0 Å². The number of amides is 1. The Hall–Kier alpha value is -0.900. The number of hydrogen-bond donors (Lipinski definition) is 0. The second kappa shape index (κ2) is 5.99. The summed E-state index contributed by atoms with van der Waals surface area (Å²) in [4.78, 5) is 27.1. The van der Waals surface area contributed by atoms with Gasteiger partial charge in [-0.2, -0.15) is 0 Å². The second-order valence-corrected chi connectivity index (χ2v) is 4.64. The molecule has 1 amide bonds. The molecule has 1 rings (SSSR count). The third-order valence-corrected chi connectivity index (χ3v) is 3.09. The molecule has 1 heterocycles. The normalized spacial score (nSPS) is 22.9. The lowest BCUT2D eigenvalue weighted by Gasteiger charge is -2.30. The van der Waals surface area contributed by atoms with Crippen molar-refractivity contribution in [2.24, 2.45) is 0 Å². The Kier molecular flexibility index (Phi) is 4.93. The zero-order valence-corrected chi connectivity index (χ0v) is 10.5. The Labute approximate surface area is 97.6 Å². The molecule has 1 aliphatic heterocycles. The number of likely N-dealkylation sites (N-methyl/N-ethyl adjacent to an activating group) is 1. The first-order valence-electron chi connectivity index (χ1n) is 6.02. The van der Waals surface area contributed by atoms with Gasteiger partial charge in [0, 0.05) is 19.1 Å². The molecule has 0 aliphatic carbocycles. The number of ketones is 1. The maximum atomic E-state index is 11.9. The summed E-state index contributed by atoms with van der Waals surface area (Å²) in [6.07, 6.45) is 2.00. The zero-order valence-electron chi connectivity index (χ0n) is 10.5. The minimum atomic E-state index is -0.0440. The van der Waals surface area contributed by atoms with Crippen molar-refractivity contribution < 1.29 is 9.59 Å². The predicted molar refractivity (Wildman–Crippen MR) is 63.2 cm³/mol. The molecule has 4 heteroatoms. The van der Waals surface area contributed by atoms with Crippen LogP contribution in [0.15, 0.2) is 0 Å². The highest BCUT2D eigenvalue weighted by Crippen LogP contribution is 2.13. The summed E-state index contributed by atoms with van der Waals surface area (Å²) in [5, 5.41) is 0. The van der Waals surface area contributed by atoms with Crippen LogP contribution in [-0.4, -0.2) is 54.2 Å². The fraction of sp³-hybridized carbons (Fsp3) is 0.833. The van der Waals surface area contributed by atoms with Crippen molar-refractivity contribution in [3.05, 3.63) is 0 Å². The molecular weight excluding hydrogens is 204 g/mol. The maximum absolute atomic E-state index is 11.9. The number of carbonyl (C=O) groups is 2. The van der Waals surface area contributed by atoms with Crippen LogP contribution < -0.4 is 0 Å². The van der Waals surface area contributed by atoms with E-state index in [9.17, 15) is 9.59 Å². The molecule has 0 saturated carbocycles. The molecule has 0 aromatic carbocycles. The number of hydrogen-bond acceptors (Lipinski definition) is 3. The smallest absolute Gasteiger partial charge is 0.230 e. The SMILES string of the molecule is CCC1CN(C)CCCN1C(=O)CC(C)=O. The van der Waals surface area contributed by atoms with Gasteiger partial charge in [0.05, 0.1) is 6.42 Å². The van der Waals surface area contributed by atoms with Crippen LogP contribution in [0.2, 0.25) is 0 Å². The standard InChI is InChI=1S/C12H22N2O2/c1-4-11-9-13(3)6-5-7-14(11)12(16)8-10(2)15/h11H,4-9H2,1-3H3. The Bertz CT molecular complexity index is 266. The highest BCUT2D eigenvalue weighted by Gasteiger charge is 2.26. The van der Waals surface area contributed by atoms with E-state index in [0.29, 0.717) is 0 Å². The second-order valence-electron chi connectivity index (χ2n) is 4.64. The van der Waals surface area contributed by atoms with Crippen molar-refractivity contribution in [3.8, 4) is 0 Å². The lowest BCUT2D eigenvalue weighted by Crippen LogP contribution is -2.44. The van der Waals surface area contributed by atoms with Gasteiger partial charge >= 0.3 is 0 Å². The van der Waals surface area contributed by atoms with E-state index in [1.165, 1.54) is 6.92 Å². The molecule has 16 heavy (non-hydrogen) atoms. The van der Waals surface area contributed by atoms with Gasteiger partial charge in [-0.3, -0.25) is 9.59 Å². The minimum Gasteiger partial charge on any atom is -0.338 e. The molecule has 0 aromatic heterocycles. The van der Waals surface area contributed by atoms with E-state index in [-0.39, 0.29) is 24.2 Å². The number of carbonyl (C=O) groups excluding carboxylic acids is 2. The summed E-state index contributed by atoms with van der Waals surface area (Å²) < 4.78 is 0. The number of nitrogens with zero attached hydrogens (tertiary/aromatic N) is 2. The summed E-state index contributed by atoms with van der Waals surface area (Å²) in [6.45, 7) is 6.30. The fourth-order valence-electron chi connectivity index (χ4n) is 2.24. The lowest BCUT2D eigenvalue weighted by atomic mass is 10.1. The van der Waals surface area contributed by atoms with Gasteiger partial charge in [0.25, 0.3) is 0 Å². The van der Waals surface area contributed by atoms with Crippen LogP contribution in [0.4, 0.5) is 0 Å². The molecule has 92 valence electrons. The Morgan fingerprint density at radius 2 is 2.00 bits per heavy atom. The van der Waals surface area contributed by atoms with Gasteiger partial charge in [0.2, 0.25) is 5.91 Å². The quantitative estimate of drug-likeness (QED) is 0.672. The highest BCUT2D eigenvalue weighted by molar-refractivity contribution is 5.96. The Morgan fingerprint density at radius 1 is 1.31 bits per heavy atom. The van der Waals surface area contributed by atoms with Gasteiger partial charge in [0.1, 0.15) is 5.78 Å². The molecule has 1 unspecified atom stereocenters. The maximum Gasteiger partial charge on any atom is 0.230 e. The molecule has 0 bridgehead atoms. The highest BCUT2D eigenvalue weighted by atomic mass is 16.2. The summed E-state index contributed by atoms with van der Waals surface area (Å²) in [5.74, 6) is -0.0490. The third-order valence-electron chi connectivity index (χ3n) is 3.09. The van der Waals surface area contributed by atoms with E-state index in [1.54, 1.807) is 0 Å². The molecule has 1 atom stereocenters. The van der Waals surface area contributed by atoms with Crippen LogP contribution in [-0.2, 0) is 9.59 Å². The summed E-state index contributed by atoms with van der Waals surface area (Å²) in [5.41, 5.74) is 0. The lowest BCUT2D eigenvalue weighted by molar-refractivity contribution is -0.136. The largest absolute Gasteiger partial charge is 0.338 e. The van der Waals surface area contributed by atoms with E-state index in [4.69, 9.17) is 0 Å². The first-order valence-corrected chi connectivity index (χ1v) is 6.02. The Morgan fingerprint density at radius 3 is 2.56 bits per heavy atom. The van der Waals surface area contributed by atoms with Crippen molar-refractivity contribution >= 4 is 11.7 Å². The van der Waals surface area contributed by atoms with Gasteiger partial charge in [-0.05, 0) is 33.4 Å². The molecule has 4 nitrogen and oxygen atoms in total. The average molecular weight is 226 g/mol. The van der Waals surface area contributed by atoms with E-state index in [0.717, 1.165) is 32.5 Å². The summed E-state index contributed by atoms with van der Waals surface area (Å²) in [7, 11) is 2.08. The monoisotopic (exact) mass is 226 g/mol. The van der Waals surface area contributed by atoms with Gasteiger partial charge in [-0.15, -0.1) is 0 Å². The van der Waals surface area contributed by atoms with Gasteiger partial charge in [-0.1, -0.05) is 6.92 Å². The first kappa shape index (κ1) is 13.2. The van der Waals surface area contributed by atoms with Crippen LogP contribution in [0, 0.1) is 0 Å². The molecule has 1 saturated heterocycles. The molecule has 0 spiro atoms. The molecule has 0 aromatic rings. The molecule has 0 N–H and O–H groups in total. The molecule has 1 aliphatic rings. The molecule has 0 radical (unpaired) electrons. The molecular formula is C12H22N2O2. The zero-order chi connectivity index (χ0) is 12.1. The first-order chi connectivity index (χ1) is 7.54. The number of Topliss-reactive ketones (excluding diaryl/α,β-unsaturated/α-hetero) is 1. The van der Waals surface area contributed by atoms with Gasteiger partial charge in [0.15, 0.2) is 0 Å². The van der Waals surface area contributed by atoms with E-state index in [1.807, 2.05) is 4.90 Å². The predicted octanol–water partition coefficient (Wildman–Crippen LogP) is 0.908. The van der Waals surface area contributed by atoms with Gasteiger partial charge < -0.3 is 9.80 Å². The third kappa shape index (κ3) is 3.59. The molecule has 1 fully saturated rings. The fourth-order valence-corrected chi connectivity index (χ4v) is 2.24. The topological polar surface area (TPSA) is 40.6 Å².